The number of hydrogen-bond acceptors (Lipinski definition) is 4. The Bertz CT molecular complexity index is 929. The number of halogens is 2. The van der Waals surface area contributed by atoms with Crippen molar-refractivity contribution in [3.63, 3.8) is 0 Å². The van der Waals surface area contributed by atoms with Gasteiger partial charge in [0.2, 0.25) is 5.91 Å². The molecule has 146 valence electrons. The molecule has 0 aromatic heterocycles. The largest absolute Gasteiger partial charge is 0.329 e. The molecule has 0 aliphatic carbocycles. The van der Waals surface area contributed by atoms with Crippen LogP contribution in [-0.4, -0.2) is 23.4 Å². The molecule has 9 heteroatoms. The van der Waals surface area contributed by atoms with Gasteiger partial charge in [-0.15, -0.1) is 0 Å². The maximum absolute atomic E-state index is 12.8. The summed E-state index contributed by atoms with van der Waals surface area (Å²) in [6, 6.07) is 10.1. The van der Waals surface area contributed by atoms with E-state index in [0.29, 0.717) is 16.4 Å². The number of amides is 3. The van der Waals surface area contributed by atoms with Crippen LogP contribution in [0, 0.1) is 12.7 Å². The van der Waals surface area contributed by atoms with Gasteiger partial charge in [0.25, 0.3) is 0 Å². The maximum Gasteiger partial charge on any atom is 0.329 e. The number of carbonyl (C=O) groups is 3. The number of hydrogen-bond donors (Lipinski definition) is 3. The lowest BCUT2D eigenvalue weighted by atomic mass is 10.2. The predicted octanol–water partition coefficient (Wildman–Crippen LogP) is 3.25. The molecule has 3 N–H and O–H groups in total. The summed E-state index contributed by atoms with van der Waals surface area (Å²) in [6.45, 7) is 3.33. The molecule has 0 unspecified atom stereocenters. The Labute approximate surface area is 166 Å². The number of aryl methyl sites for hydroxylation is 1. The number of anilines is 2. The van der Waals surface area contributed by atoms with Gasteiger partial charge >= 0.3 is 11.8 Å². The maximum atomic E-state index is 12.8. The summed E-state index contributed by atoms with van der Waals surface area (Å²) in [7, 11) is 0. The molecule has 0 fully saturated rings. The van der Waals surface area contributed by atoms with Crippen LogP contribution in [0.5, 0.6) is 0 Å². The van der Waals surface area contributed by atoms with E-state index < -0.39 is 23.5 Å². The van der Waals surface area contributed by atoms with E-state index in [1.165, 1.54) is 37.3 Å². The highest BCUT2D eigenvalue weighted by Gasteiger charge is 2.14. The van der Waals surface area contributed by atoms with Crippen molar-refractivity contribution >= 4 is 46.4 Å². The Morgan fingerprint density at radius 1 is 1.00 bits per heavy atom. The lowest BCUT2D eigenvalue weighted by Crippen LogP contribution is -2.33. The highest BCUT2D eigenvalue weighted by Crippen LogP contribution is 2.19. The van der Waals surface area contributed by atoms with E-state index in [-0.39, 0.29) is 12.1 Å². The Balaban J connectivity index is 1.84. The van der Waals surface area contributed by atoms with Crippen LogP contribution >= 0.6 is 11.6 Å². The molecule has 0 atom stereocenters. The van der Waals surface area contributed by atoms with Gasteiger partial charge in [-0.3, -0.25) is 14.4 Å². The fraction of sp³-hybridized carbons (Fsp3) is 0.158. The van der Waals surface area contributed by atoms with Crippen LogP contribution in [0.15, 0.2) is 47.6 Å². The van der Waals surface area contributed by atoms with Crippen molar-refractivity contribution in [2.45, 2.75) is 20.3 Å². The SMILES string of the molecule is C/C(CC(=O)Nc1ccc(F)cc1)=N\NC(=O)C(=O)Nc1ccc(C)c(Cl)c1. The summed E-state index contributed by atoms with van der Waals surface area (Å²) in [5, 5.41) is 9.14. The molecule has 0 radical (unpaired) electrons. The zero-order valence-corrected chi connectivity index (χ0v) is 15.9. The van der Waals surface area contributed by atoms with E-state index in [0.717, 1.165) is 5.56 Å². The Kier molecular flexibility index (Phi) is 7.22. The van der Waals surface area contributed by atoms with Crippen molar-refractivity contribution in [1.29, 1.82) is 0 Å². The van der Waals surface area contributed by atoms with Crippen molar-refractivity contribution < 1.29 is 18.8 Å². The van der Waals surface area contributed by atoms with Gasteiger partial charge in [0.05, 0.1) is 6.42 Å². The third kappa shape index (κ3) is 6.48. The standard InChI is InChI=1S/C19H18ClFN4O3/c1-11-3-6-15(10-16(11)20)23-18(27)19(28)25-24-12(2)9-17(26)22-14-7-4-13(21)5-8-14/h3-8,10H,9H2,1-2H3,(H,22,26)(H,23,27)(H,25,28)/b24-12+. The lowest BCUT2D eigenvalue weighted by molar-refractivity contribution is -0.136. The Morgan fingerprint density at radius 3 is 2.29 bits per heavy atom. The van der Waals surface area contributed by atoms with Crippen LogP contribution < -0.4 is 16.1 Å². The van der Waals surface area contributed by atoms with E-state index in [1.807, 2.05) is 6.92 Å². The average Bonchev–Trinajstić information content (AvgIpc) is 2.64. The van der Waals surface area contributed by atoms with E-state index in [4.69, 9.17) is 11.6 Å². The number of nitrogens with one attached hydrogen (secondary N) is 3. The molecule has 0 saturated heterocycles. The first-order valence-corrected chi connectivity index (χ1v) is 8.58. The van der Waals surface area contributed by atoms with Gasteiger partial charge in [0, 0.05) is 22.1 Å². The van der Waals surface area contributed by atoms with Crippen LogP contribution in [-0.2, 0) is 14.4 Å². The fourth-order valence-corrected chi connectivity index (χ4v) is 2.25. The van der Waals surface area contributed by atoms with Crippen molar-refractivity contribution in [3.8, 4) is 0 Å². The van der Waals surface area contributed by atoms with Gasteiger partial charge in [-0.2, -0.15) is 5.10 Å². The van der Waals surface area contributed by atoms with Crippen molar-refractivity contribution in [2.75, 3.05) is 10.6 Å². The van der Waals surface area contributed by atoms with E-state index >= 15 is 0 Å². The van der Waals surface area contributed by atoms with E-state index in [2.05, 4.69) is 21.2 Å². The zero-order valence-electron chi connectivity index (χ0n) is 15.2. The number of benzene rings is 2. The third-order valence-corrected chi connectivity index (χ3v) is 3.94. The molecule has 2 rings (SSSR count). The zero-order chi connectivity index (χ0) is 20.7. The average molecular weight is 405 g/mol. The summed E-state index contributed by atoms with van der Waals surface area (Å²) < 4.78 is 12.8. The molecule has 0 heterocycles. The second kappa shape index (κ2) is 9.61. The van der Waals surface area contributed by atoms with Gasteiger partial charge in [0.15, 0.2) is 0 Å². The highest BCUT2D eigenvalue weighted by atomic mass is 35.5. The molecule has 0 aliphatic rings. The van der Waals surface area contributed by atoms with Crippen LogP contribution in [0.4, 0.5) is 15.8 Å². The molecule has 0 aliphatic heterocycles. The molecule has 28 heavy (non-hydrogen) atoms. The number of carbonyl (C=O) groups excluding carboxylic acids is 3. The molecule has 2 aromatic carbocycles. The summed E-state index contributed by atoms with van der Waals surface area (Å²) in [6.07, 6.45) is -0.118. The van der Waals surface area contributed by atoms with Crippen LogP contribution in [0.25, 0.3) is 0 Å². The quantitative estimate of drug-likeness (QED) is 0.405. The fourth-order valence-electron chi connectivity index (χ4n) is 2.07. The Hall–Kier alpha value is -3.26. The van der Waals surface area contributed by atoms with Crippen molar-refractivity contribution in [3.05, 3.63) is 58.9 Å². The predicted molar refractivity (Wildman–Crippen MR) is 106 cm³/mol. The summed E-state index contributed by atoms with van der Waals surface area (Å²) in [4.78, 5) is 35.6. The second-order valence-electron chi connectivity index (χ2n) is 5.94. The minimum absolute atomic E-state index is 0.118. The number of rotatable bonds is 5. The minimum atomic E-state index is -0.991. The molecule has 7 nitrogen and oxygen atoms in total. The van der Waals surface area contributed by atoms with Gasteiger partial charge in [-0.25, -0.2) is 9.82 Å². The monoisotopic (exact) mass is 404 g/mol. The molecular formula is C19H18ClFN4O3. The first-order chi connectivity index (χ1) is 13.2. The van der Waals surface area contributed by atoms with Crippen molar-refractivity contribution in [1.82, 2.24) is 5.43 Å². The lowest BCUT2D eigenvalue weighted by Gasteiger charge is -2.07. The molecule has 3 amide bonds. The Morgan fingerprint density at radius 2 is 1.64 bits per heavy atom. The second-order valence-corrected chi connectivity index (χ2v) is 6.35. The van der Waals surface area contributed by atoms with Crippen LogP contribution in [0.3, 0.4) is 0 Å². The highest BCUT2D eigenvalue weighted by molar-refractivity contribution is 6.40. The third-order valence-electron chi connectivity index (χ3n) is 3.53. The van der Waals surface area contributed by atoms with Gasteiger partial charge in [0.1, 0.15) is 5.82 Å². The van der Waals surface area contributed by atoms with Gasteiger partial charge in [-0.1, -0.05) is 17.7 Å². The summed E-state index contributed by atoms with van der Waals surface area (Å²) in [5.41, 5.74) is 3.99. The molecule has 0 bridgehead atoms. The summed E-state index contributed by atoms with van der Waals surface area (Å²) >= 11 is 5.96. The van der Waals surface area contributed by atoms with Gasteiger partial charge < -0.3 is 10.6 Å². The van der Waals surface area contributed by atoms with Crippen LogP contribution in [0.1, 0.15) is 18.9 Å². The topological polar surface area (TPSA) is 99.7 Å². The molecule has 2 aromatic rings. The van der Waals surface area contributed by atoms with E-state index in [1.54, 1.807) is 12.1 Å². The van der Waals surface area contributed by atoms with Crippen LogP contribution in [0.2, 0.25) is 5.02 Å². The number of nitrogens with zero attached hydrogens (tertiary/aromatic N) is 1. The summed E-state index contributed by atoms with van der Waals surface area (Å²) in [5.74, 6) is -2.73. The van der Waals surface area contributed by atoms with Crippen molar-refractivity contribution in [2.24, 2.45) is 5.10 Å². The minimum Gasteiger partial charge on any atom is -0.326 e. The normalized spacial score (nSPS) is 10.9. The molecular weight excluding hydrogens is 387 g/mol. The number of hydrazone groups is 1. The first-order valence-electron chi connectivity index (χ1n) is 8.20. The first kappa shape index (κ1) is 21.0. The van der Waals surface area contributed by atoms with E-state index in [9.17, 15) is 18.8 Å². The molecule has 0 spiro atoms. The van der Waals surface area contributed by atoms with Gasteiger partial charge in [-0.05, 0) is 55.8 Å². The smallest absolute Gasteiger partial charge is 0.326 e. The molecule has 0 saturated carbocycles.